The fourth-order valence-corrected chi connectivity index (χ4v) is 1.61. The Kier molecular flexibility index (Phi) is 1.81. The Bertz CT molecular complexity index is 205. The largest absolute Gasteiger partial charge is 0.379 e. The first kappa shape index (κ1) is 7.09. The molecule has 0 aromatic heterocycles. The summed E-state index contributed by atoms with van der Waals surface area (Å²) in [5.41, 5.74) is 0. The Labute approximate surface area is 56.4 Å². The van der Waals surface area contributed by atoms with Crippen molar-refractivity contribution in [2.24, 2.45) is 4.27 Å². The third kappa shape index (κ3) is 1.27. The van der Waals surface area contributed by atoms with Crippen LogP contribution < -0.4 is 0 Å². The zero-order valence-corrected chi connectivity index (χ0v) is 6.48. The second kappa shape index (κ2) is 2.30. The highest BCUT2D eigenvalue weighted by molar-refractivity contribution is 7.94. The van der Waals surface area contributed by atoms with Crippen molar-refractivity contribution in [3.05, 3.63) is 0 Å². The Morgan fingerprint density at radius 2 is 2.33 bits per heavy atom. The van der Waals surface area contributed by atoms with E-state index in [-0.39, 0.29) is 5.25 Å². The molecular formula is C4H10BNO2S. The fraction of sp³-hybridized carbons (Fsp3) is 1.00. The van der Waals surface area contributed by atoms with Crippen molar-refractivity contribution in [2.75, 3.05) is 19.5 Å². The minimum atomic E-state index is -1.91. The van der Waals surface area contributed by atoms with Gasteiger partial charge in [0.2, 0.25) is 0 Å². The maximum atomic E-state index is 11.3. The molecule has 0 aliphatic carbocycles. The highest BCUT2D eigenvalue weighted by atomic mass is 32.2. The van der Waals surface area contributed by atoms with Crippen LogP contribution in [0.15, 0.2) is 4.27 Å². The smallest absolute Gasteiger partial charge is 0.257 e. The summed E-state index contributed by atoms with van der Waals surface area (Å²) in [4.78, 5) is 0. The van der Waals surface area contributed by atoms with E-state index < -0.39 is 9.73 Å². The first-order valence-electron chi connectivity index (χ1n) is 2.83. The Balaban J connectivity index is 2.71. The zero-order chi connectivity index (χ0) is 6.91. The van der Waals surface area contributed by atoms with Crippen molar-refractivity contribution >= 4 is 17.7 Å². The Hall–Kier alpha value is -0.0251. The average Bonchev–Trinajstić information content (AvgIpc) is 1.60. The topological polar surface area (TPSA) is 38.7 Å². The lowest BCUT2D eigenvalue weighted by Crippen LogP contribution is -2.39. The van der Waals surface area contributed by atoms with E-state index in [0.29, 0.717) is 13.2 Å². The molecule has 1 saturated heterocycles. The van der Waals surface area contributed by atoms with Crippen LogP contribution in [0, 0.1) is 0 Å². The zero-order valence-electron chi connectivity index (χ0n) is 5.66. The Morgan fingerprint density at radius 3 is 2.44 bits per heavy atom. The minimum Gasteiger partial charge on any atom is -0.379 e. The van der Waals surface area contributed by atoms with Crippen LogP contribution in [0.1, 0.15) is 0 Å². The molecule has 5 heteroatoms. The van der Waals surface area contributed by atoms with Gasteiger partial charge in [-0.2, -0.15) is 0 Å². The molecule has 1 aliphatic rings. The molecule has 1 rings (SSSR count). The van der Waals surface area contributed by atoms with Gasteiger partial charge in [-0.05, 0) is 0 Å². The number of hydrogen-bond donors (Lipinski definition) is 0. The van der Waals surface area contributed by atoms with Crippen LogP contribution in [0.3, 0.4) is 0 Å². The maximum Gasteiger partial charge on any atom is 0.257 e. The lowest BCUT2D eigenvalue weighted by atomic mass is 10.4. The van der Waals surface area contributed by atoms with Gasteiger partial charge in [0.05, 0.1) is 18.5 Å². The third-order valence-electron chi connectivity index (χ3n) is 1.59. The SMILES string of the molecule is BN=S(C)(=O)C1COC1. The molecule has 52 valence electrons. The fourth-order valence-electron chi connectivity index (χ4n) is 0.616. The van der Waals surface area contributed by atoms with E-state index in [4.69, 9.17) is 4.74 Å². The molecule has 1 unspecified atom stereocenters. The van der Waals surface area contributed by atoms with Gasteiger partial charge in [-0.25, -0.2) is 0 Å². The number of rotatable bonds is 1. The van der Waals surface area contributed by atoms with Crippen molar-refractivity contribution in [2.45, 2.75) is 5.25 Å². The quantitative estimate of drug-likeness (QED) is 0.447. The molecule has 9 heavy (non-hydrogen) atoms. The first-order chi connectivity index (χ1) is 4.17. The summed E-state index contributed by atoms with van der Waals surface area (Å²) in [7, 11) is -0.314. The van der Waals surface area contributed by atoms with E-state index in [0.717, 1.165) is 0 Å². The van der Waals surface area contributed by atoms with Gasteiger partial charge in [0.1, 0.15) is 0 Å². The number of hydrogen-bond acceptors (Lipinski definition) is 3. The van der Waals surface area contributed by atoms with E-state index in [9.17, 15) is 4.21 Å². The molecule has 1 atom stereocenters. The predicted octanol–water partition coefficient (Wildman–Crippen LogP) is -0.969. The van der Waals surface area contributed by atoms with Crippen molar-refractivity contribution in [1.29, 1.82) is 0 Å². The van der Waals surface area contributed by atoms with Crippen molar-refractivity contribution in [1.82, 2.24) is 0 Å². The summed E-state index contributed by atoms with van der Waals surface area (Å²) >= 11 is 0. The lowest BCUT2D eigenvalue weighted by molar-refractivity contribution is 0.0431. The maximum absolute atomic E-state index is 11.3. The molecule has 0 aromatic rings. The molecule has 0 saturated carbocycles. The molecule has 0 amide bonds. The first-order valence-corrected chi connectivity index (χ1v) is 4.82. The van der Waals surface area contributed by atoms with Gasteiger partial charge in [0, 0.05) is 16.0 Å². The molecule has 0 spiro atoms. The lowest BCUT2D eigenvalue weighted by Gasteiger charge is -2.26. The summed E-state index contributed by atoms with van der Waals surface area (Å²) < 4.78 is 20.0. The summed E-state index contributed by atoms with van der Waals surface area (Å²) in [6.07, 6.45) is 1.68. The van der Waals surface area contributed by atoms with Gasteiger partial charge >= 0.3 is 0 Å². The molecule has 0 aromatic carbocycles. The van der Waals surface area contributed by atoms with Gasteiger partial charge < -0.3 is 9.01 Å². The van der Waals surface area contributed by atoms with Crippen LogP contribution >= 0.6 is 0 Å². The van der Waals surface area contributed by atoms with Crippen LogP contribution in [0.5, 0.6) is 0 Å². The Morgan fingerprint density at radius 1 is 1.78 bits per heavy atom. The van der Waals surface area contributed by atoms with Gasteiger partial charge in [-0.3, -0.25) is 4.21 Å². The van der Waals surface area contributed by atoms with Crippen molar-refractivity contribution < 1.29 is 8.95 Å². The molecule has 1 fully saturated rings. The van der Waals surface area contributed by atoms with Crippen molar-refractivity contribution in [3.63, 3.8) is 0 Å². The predicted molar refractivity (Wildman–Crippen MR) is 39.6 cm³/mol. The summed E-state index contributed by atoms with van der Waals surface area (Å²) in [5, 5.41) is 0.183. The molecule has 0 bridgehead atoms. The third-order valence-corrected chi connectivity index (χ3v) is 3.82. The van der Waals surface area contributed by atoms with E-state index in [1.165, 1.54) is 0 Å². The molecule has 1 heterocycles. The van der Waals surface area contributed by atoms with E-state index >= 15 is 0 Å². The number of nitrogens with zero attached hydrogens (tertiary/aromatic N) is 1. The van der Waals surface area contributed by atoms with Crippen LogP contribution in [-0.4, -0.2) is 36.9 Å². The van der Waals surface area contributed by atoms with Crippen LogP contribution in [0.25, 0.3) is 0 Å². The van der Waals surface area contributed by atoms with Gasteiger partial charge in [-0.15, -0.1) is 0 Å². The second-order valence-electron chi connectivity index (χ2n) is 2.20. The van der Waals surface area contributed by atoms with E-state index in [1.807, 2.05) is 0 Å². The minimum absolute atomic E-state index is 0.183. The highest BCUT2D eigenvalue weighted by Gasteiger charge is 2.25. The molecule has 0 radical (unpaired) electrons. The molecule has 3 nitrogen and oxygen atoms in total. The normalized spacial score (nSPS) is 26.3. The highest BCUT2D eigenvalue weighted by Crippen LogP contribution is 2.11. The average molecular weight is 147 g/mol. The van der Waals surface area contributed by atoms with Crippen LogP contribution in [-0.2, 0) is 14.5 Å². The monoisotopic (exact) mass is 147 g/mol. The molecule has 1 aliphatic heterocycles. The molecular weight excluding hydrogens is 137 g/mol. The van der Waals surface area contributed by atoms with Gasteiger partial charge in [0.25, 0.3) is 7.98 Å². The van der Waals surface area contributed by atoms with Crippen molar-refractivity contribution in [3.8, 4) is 0 Å². The van der Waals surface area contributed by atoms with Crippen LogP contribution in [0.2, 0.25) is 0 Å². The van der Waals surface area contributed by atoms with Gasteiger partial charge in [0.15, 0.2) is 0 Å². The van der Waals surface area contributed by atoms with Gasteiger partial charge in [-0.1, -0.05) is 0 Å². The summed E-state index contributed by atoms with van der Waals surface area (Å²) in [6, 6.07) is 0. The van der Waals surface area contributed by atoms with E-state index in [2.05, 4.69) is 4.27 Å². The van der Waals surface area contributed by atoms with Crippen LogP contribution in [0.4, 0.5) is 0 Å². The molecule has 0 N–H and O–H groups in total. The standard InChI is InChI=1S/C4H10BNO2S/c1-9(7,6-5)4-2-8-3-4/h4H,2-3,5H2,1H3. The van der Waals surface area contributed by atoms with E-state index in [1.54, 1.807) is 14.2 Å². The second-order valence-corrected chi connectivity index (χ2v) is 4.96. The summed E-state index contributed by atoms with van der Waals surface area (Å²) in [6.45, 7) is 1.24. The summed E-state index contributed by atoms with van der Waals surface area (Å²) in [5.74, 6) is 0. The number of ether oxygens (including phenoxy) is 1.